The first-order valence-electron chi connectivity index (χ1n) is 9.04. The van der Waals surface area contributed by atoms with Crippen LogP contribution in [-0.2, 0) is 10.3 Å². The smallest absolute Gasteiger partial charge is 0.250 e. The maximum atomic E-state index is 13.5. The highest BCUT2D eigenvalue weighted by atomic mass is 16.2. The molecule has 0 radical (unpaired) electrons. The summed E-state index contributed by atoms with van der Waals surface area (Å²) in [5, 5.41) is 7.82. The fourth-order valence-corrected chi connectivity index (χ4v) is 4.54. The first kappa shape index (κ1) is 15.1. The lowest BCUT2D eigenvalue weighted by molar-refractivity contribution is -0.146. The number of piperazine rings is 1. The van der Waals surface area contributed by atoms with Crippen LogP contribution >= 0.6 is 0 Å². The normalized spacial score (nSPS) is 28.3. The number of fused-ring (bicyclic) bond motifs is 1. The molecule has 1 aromatic heterocycles. The number of carbonyl (C=O) groups is 1. The van der Waals surface area contributed by atoms with E-state index >= 15 is 0 Å². The minimum atomic E-state index is -0.481. The third kappa shape index (κ3) is 2.68. The third-order valence-electron chi connectivity index (χ3n) is 5.90. The van der Waals surface area contributed by atoms with Crippen molar-refractivity contribution in [2.75, 3.05) is 39.3 Å². The maximum Gasteiger partial charge on any atom is 0.250 e. The molecule has 1 aromatic rings. The van der Waals surface area contributed by atoms with Crippen molar-refractivity contribution in [2.24, 2.45) is 0 Å². The Hall–Kier alpha value is -1.40. The van der Waals surface area contributed by atoms with Gasteiger partial charge in [-0.2, -0.15) is 5.10 Å². The molecule has 1 amide bonds. The van der Waals surface area contributed by atoms with Crippen molar-refractivity contribution in [1.82, 2.24) is 24.9 Å². The second-order valence-corrected chi connectivity index (χ2v) is 7.17. The summed E-state index contributed by atoms with van der Waals surface area (Å²) in [7, 11) is 0. The van der Waals surface area contributed by atoms with Gasteiger partial charge in [0.1, 0.15) is 5.54 Å². The van der Waals surface area contributed by atoms with Crippen molar-refractivity contribution in [3.05, 3.63) is 18.5 Å². The van der Waals surface area contributed by atoms with Crippen molar-refractivity contribution in [3.8, 4) is 0 Å². The lowest BCUT2D eigenvalue weighted by atomic mass is 9.86. The highest BCUT2D eigenvalue weighted by Gasteiger charge is 2.46. The molecule has 1 unspecified atom stereocenters. The van der Waals surface area contributed by atoms with Gasteiger partial charge in [-0.05, 0) is 51.4 Å². The van der Waals surface area contributed by atoms with E-state index in [1.165, 1.54) is 25.8 Å². The van der Waals surface area contributed by atoms with Crippen LogP contribution in [0.15, 0.2) is 18.5 Å². The lowest BCUT2D eigenvalue weighted by Crippen LogP contribution is -2.62. The number of rotatable bonds is 2. The quantitative estimate of drug-likeness (QED) is 0.871. The molecule has 0 spiro atoms. The van der Waals surface area contributed by atoms with Crippen LogP contribution in [0.2, 0.25) is 0 Å². The Kier molecular flexibility index (Phi) is 4.11. The summed E-state index contributed by atoms with van der Waals surface area (Å²) in [6.07, 6.45) is 9.26. The largest absolute Gasteiger partial charge is 0.338 e. The molecule has 6 nitrogen and oxygen atoms in total. The summed E-state index contributed by atoms with van der Waals surface area (Å²) in [6, 6.07) is 2.49. The summed E-state index contributed by atoms with van der Waals surface area (Å²) in [6.45, 7) is 5.77. The van der Waals surface area contributed by atoms with E-state index in [1.807, 2.05) is 16.9 Å². The topological polar surface area (TPSA) is 53.4 Å². The van der Waals surface area contributed by atoms with E-state index in [9.17, 15) is 4.79 Å². The zero-order valence-corrected chi connectivity index (χ0v) is 13.8. The Morgan fingerprint density at radius 1 is 1.17 bits per heavy atom. The first-order valence-corrected chi connectivity index (χ1v) is 9.04. The Morgan fingerprint density at radius 3 is 2.83 bits per heavy atom. The van der Waals surface area contributed by atoms with Crippen LogP contribution in [0.25, 0.3) is 0 Å². The van der Waals surface area contributed by atoms with E-state index in [4.69, 9.17) is 0 Å². The molecule has 0 aliphatic carbocycles. The van der Waals surface area contributed by atoms with Crippen LogP contribution in [-0.4, -0.2) is 70.8 Å². The Balaban J connectivity index is 1.56. The predicted molar refractivity (Wildman–Crippen MR) is 88.1 cm³/mol. The molecule has 23 heavy (non-hydrogen) atoms. The zero-order chi connectivity index (χ0) is 15.7. The molecular weight excluding hydrogens is 290 g/mol. The standard InChI is InChI=1S/C17H27N5O/c23-16(21-13-12-20-10-2-1-4-15(20)14-21)17(5-8-18-9-6-17)22-11-3-7-19-22/h3,7,11,15,18H,1-2,4-6,8-10,12-14H2. The van der Waals surface area contributed by atoms with E-state index < -0.39 is 5.54 Å². The molecule has 3 saturated heterocycles. The molecule has 126 valence electrons. The number of nitrogens with zero attached hydrogens (tertiary/aromatic N) is 4. The van der Waals surface area contributed by atoms with Crippen molar-refractivity contribution in [2.45, 2.75) is 43.7 Å². The van der Waals surface area contributed by atoms with Gasteiger partial charge < -0.3 is 10.2 Å². The van der Waals surface area contributed by atoms with Crippen LogP contribution in [0.1, 0.15) is 32.1 Å². The van der Waals surface area contributed by atoms with Crippen molar-refractivity contribution in [1.29, 1.82) is 0 Å². The molecule has 4 heterocycles. The number of carbonyl (C=O) groups excluding carboxylic acids is 1. The average molecular weight is 317 g/mol. The fourth-order valence-electron chi connectivity index (χ4n) is 4.54. The van der Waals surface area contributed by atoms with E-state index in [2.05, 4.69) is 20.2 Å². The minimum Gasteiger partial charge on any atom is -0.338 e. The molecule has 1 atom stereocenters. The van der Waals surface area contributed by atoms with Gasteiger partial charge in [0.25, 0.3) is 5.91 Å². The fraction of sp³-hybridized carbons (Fsp3) is 0.765. The van der Waals surface area contributed by atoms with Crippen LogP contribution in [0.5, 0.6) is 0 Å². The zero-order valence-electron chi connectivity index (χ0n) is 13.8. The van der Waals surface area contributed by atoms with E-state index in [0.29, 0.717) is 6.04 Å². The molecule has 0 bridgehead atoms. The summed E-state index contributed by atoms with van der Waals surface area (Å²) in [4.78, 5) is 18.2. The summed E-state index contributed by atoms with van der Waals surface area (Å²) in [5.74, 6) is 0.285. The average Bonchev–Trinajstić information content (AvgIpc) is 3.16. The maximum absolute atomic E-state index is 13.5. The van der Waals surface area contributed by atoms with Crippen LogP contribution in [0.4, 0.5) is 0 Å². The summed E-state index contributed by atoms with van der Waals surface area (Å²) >= 11 is 0. The van der Waals surface area contributed by atoms with Gasteiger partial charge in [0, 0.05) is 38.1 Å². The van der Waals surface area contributed by atoms with E-state index in [0.717, 1.165) is 45.6 Å². The Labute approximate surface area is 137 Å². The van der Waals surface area contributed by atoms with Gasteiger partial charge in [0.2, 0.25) is 0 Å². The lowest BCUT2D eigenvalue weighted by Gasteiger charge is -2.47. The first-order chi connectivity index (χ1) is 11.3. The van der Waals surface area contributed by atoms with Crippen molar-refractivity contribution >= 4 is 5.91 Å². The SMILES string of the molecule is O=C(N1CCN2CCCCC2C1)C1(n2cccn2)CCNCC1. The summed E-state index contributed by atoms with van der Waals surface area (Å²) < 4.78 is 1.92. The van der Waals surface area contributed by atoms with Crippen molar-refractivity contribution in [3.63, 3.8) is 0 Å². The number of hydrogen-bond donors (Lipinski definition) is 1. The van der Waals surface area contributed by atoms with Crippen molar-refractivity contribution < 1.29 is 4.79 Å². The molecule has 3 aliphatic rings. The van der Waals surface area contributed by atoms with Gasteiger partial charge in [0.15, 0.2) is 0 Å². The molecule has 1 N–H and O–H groups in total. The Bertz CT molecular complexity index is 537. The molecule has 3 fully saturated rings. The highest BCUT2D eigenvalue weighted by molar-refractivity contribution is 5.85. The molecule has 4 rings (SSSR count). The summed E-state index contributed by atoms with van der Waals surface area (Å²) in [5.41, 5.74) is -0.481. The molecule has 3 aliphatic heterocycles. The van der Waals surface area contributed by atoms with Gasteiger partial charge in [0.05, 0.1) is 0 Å². The number of amides is 1. The second-order valence-electron chi connectivity index (χ2n) is 7.17. The number of aromatic nitrogens is 2. The highest BCUT2D eigenvalue weighted by Crippen LogP contribution is 2.31. The van der Waals surface area contributed by atoms with Gasteiger partial charge in [-0.1, -0.05) is 6.42 Å². The van der Waals surface area contributed by atoms with E-state index in [-0.39, 0.29) is 5.91 Å². The monoisotopic (exact) mass is 317 g/mol. The predicted octanol–water partition coefficient (Wildman–Crippen LogP) is 0.659. The number of piperidine rings is 2. The molecule has 0 aromatic carbocycles. The second kappa shape index (κ2) is 6.24. The third-order valence-corrected chi connectivity index (χ3v) is 5.90. The van der Waals surface area contributed by atoms with Gasteiger partial charge in [-0.3, -0.25) is 14.4 Å². The van der Waals surface area contributed by atoms with E-state index in [1.54, 1.807) is 6.20 Å². The van der Waals surface area contributed by atoms with Crippen LogP contribution in [0, 0.1) is 0 Å². The van der Waals surface area contributed by atoms with Crippen LogP contribution < -0.4 is 5.32 Å². The van der Waals surface area contributed by atoms with Crippen LogP contribution in [0.3, 0.4) is 0 Å². The number of nitrogens with one attached hydrogen (secondary N) is 1. The number of hydrogen-bond acceptors (Lipinski definition) is 4. The van der Waals surface area contributed by atoms with Gasteiger partial charge in [-0.15, -0.1) is 0 Å². The van der Waals surface area contributed by atoms with Gasteiger partial charge in [-0.25, -0.2) is 0 Å². The molecule has 0 saturated carbocycles. The molecular formula is C17H27N5O. The van der Waals surface area contributed by atoms with Gasteiger partial charge >= 0.3 is 0 Å². The minimum absolute atomic E-state index is 0.285. The Morgan fingerprint density at radius 2 is 2.04 bits per heavy atom. The molecule has 6 heteroatoms.